The van der Waals surface area contributed by atoms with Crippen molar-refractivity contribution in [3.63, 3.8) is 0 Å². The number of alkyl halides is 1. The molecule has 10 atom stereocenters. The second kappa shape index (κ2) is 11.4. The van der Waals surface area contributed by atoms with Crippen LogP contribution in [0.25, 0.3) is 0 Å². The monoisotopic (exact) mass is 568 g/mol. The highest BCUT2D eigenvalue weighted by atomic mass is 35.5. The van der Waals surface area contributed by atoms with Gasteiger partial charge in [-0.3, -0.25) is 24.0 Å². The number of carbonyl (C=O) groups is 5. The minimum absolute atomic E-state index is 0.0819. The third kappa shape index (κ3) is 5.37. The van der Waals surface area contributed by atoms with Gasteiger partial charge in [0.25, 0.3) is 0 Å². The van der Waals surface area contributed by atoms with E-state index in [1.165, 1.54) is 26.0 Å². The molecule has 10 nitrogen and oxygen atoms in total. The largest absolute Gasteiger partial charge is 0.461 e. The predicted molar refractivity (Wildman–Crippen MR) is 138 cm³/mol. The number of carbonyl (C=O) groups excluding carboxylic acids is 5. The minimum Gasteiger partial charge on any atom is -0.461 e. The lowest BCUT2D eigenvalue weighted by molar-refractivity contribution is -0.232. The Morgan fingerprint density at radius 1 is 1.15 bits per heavy atom. The molecule has 0 bridgehead atoms. The van der Waals surface area contributed by atoms with Gasteiger partial charge in [-0.25, -0.2) is 0 Å². The number of Topliss-reactive ketones (excluding diaryl/α,β-unsaturated/α-hetero) is 1. The third-order valence-electron chi connectivity index (χ3n) is 8.41. The number of esters is 4. The Kier molecular flexibility index (Phi) is 9.02. The first-order chi connectivity index (χ1) is 18.1. The normalized spacial score (nSPS) is 41.0. The zero-order valence-corrected chi connectivity index (χ0v) is 23.9. The highest BCUT2D eigenvalue weighted by molar-refractivity contribution is 6.23. The molecule has 1 N–H and O–H groups in total. The molecule has 1 saturated carbocycles. The van der Waals surface area contributed by atoms with Gasteiger partial charge in [0.2, 0.25) is 0 Å². The molecule has 1 heterocycles. The second-order valence-corrected chi connectivity index (χ2v) is 11.4. The standard InChI is InChI=1S/C28H37ClO10/c1-8-9-21(33)38-20-12-18(32)14(3)22-24(37-17(6)31)28(35)15(4)26(34)39-25(28)23(29)13(2)10-11-19(27(20,22)7)36-16(5)30/h10-11,14-15,19-20,22-25,35H,2,8-9,12H2,1,3-7H3/b11-10+/t14-,15-,19+,20-,22+,23-,24+,25-,27-,28+/m0/s1. The number of hydrogen-bond acceptors (Lipinski definition) is 10. The summed E-state index contributed by atoms with van der Waals surface area (Å²) in [6.07, 6.45) is -1.84. The van der Waals surface area contributed by atoms with E-state index >= 15 is 0 Å². The molecule has 2 fully saturated rings. The first-order valence-electron chi connectivity index (χ1n) is 13.1. The molecule has 3 rings (SSSR count). The van der Waals surface area contributed by atoms with Crippen molar-refractivity contribution in [1.29, 1.82) is 0 Å². The molecule has 3 aliphatic rings. The van der Waals surface area contributed by atoms with Crippen LogP contribution in [-0.2, 0) is 42.9 Å². The molecule has 0 aromatic heterocycles. The van der Waals surface area contributed by atoms with Crippen molar-refractivity contribution in [2.75, 3.05) is 0 Å². The van der Waals surface area contributed by atoms with Crippen molar-refractivity contribution in [3.8, 4) is 0 Å². The van der Waals surface area contributed by atoms with Crippen LogP contribution in [0.2, 0.25) is 0 Å². The summed E-state index contributed by atoms with van der Waals surface area (Å²) in [4.78, 5) is 63.9. The smallest absolute Gasteiger partial charge is 0.312 e. The predicted octanol–water partition coefficient (Wildman–Crippen LogP) is 2.82. The molecule has 216 valence electrons. The summed E-state index contributed by atoms with van der Waals surface area (Å²) in [6, 6.07) is 0. The fourth-order valence-electron chi connectivity index (χ4n) is 6.24. The fraction of sp³-hybridized carbons (Fsp3) is 0.679. The SMILES string of the molecule is C=C1/C=C/[C@@H](OC(C)=O)[C@]2(C)[C@@H]([C@@H](OC(C)=O)[C@]3(O)[C@@H](C)C(=O)O[C@H]3[C@H]1Cl)[C@@H](C)C(=O)C[C@@H]2OC(=O)CCC. The maximum Gasteiger partial charge on any atom is 0.312 e. The van der Waals surface area contributed by atoms with Gasteiger partial charge in [0.05, 0.1) is 16.7 Å². The number of rotatable bonds is 5. The van der Waals surface area contributed by atoms with Gasteiger partial charge in [0, 0.05) is 38.5 Å². The van der Waals surface area contributed by atoms with Gasteiger partial charge in [-0.05, 0) is 25.0 Å². The van der Waals surface area contributed by atoms with E-state index in [1.54, 1.807) is 20.8 Å². The molecule has 1 aliphatic heterocycles. The fourth-order valence-corrected chi connectivity index (χ4v) is 6.56. The lowest BCUT2D eigenvalue weighted by atomic mass is 9.53. The molecule has 11 heteroatoms. The number of fused-ring (bicyclic) bond motifs is 2. The molecule has 2 aliphatic carbocycles. The molecule has 1 saturated heterocycles. The highest BCUT2D eigenvalue weighted by Gasteiger charge is 2.70. The van der Waals surface area contributed by atoms with Gasteiger partial charge in [0.15, 0.2) is 11.7 Å². The Balaban J connectivity index is 2.39. The van der Waals surface area contributed by atoms with Gasteiger partial charge >= 0.3 is 23.9 Å². The van der Waals surface area contributed by atoms with E-state index in [0.29, 0.717) is 6.42 Å². The minimum atomic E-state index is -2.22. The zero-order valence-electron chi connectivity index (χ0n) is 23.1. The van der Waals surface area contributed by atoms with E-state index in [0.717, 1.165) is 6.92 Å². The number of ketones is 1. The number of ether oxygens (including phenoxy) is 4. The summed E-state index contributed by atoms with van der Waals surface area (Å²) in [5, 5.41) is 11.2. The molecule has 0 radical (unpaired) electrons. The van der Waals surface area contributed by atoms with E-state index in [1.807, 2.05) is 0 Å². The Morgan fingerprint density at radius 3 is 2.33 bits per heavy atom. The quantitative estimate of drug-likeness (QED) is 0.299. The maximum atomic E-state index is 13.4. The Labute approximate surface area is 233 Å². The van der Waals surface area contributed by atoms with Crippen LogP contribution >= 0.6 is 11.6 Å². The summed E-state index contributed by atoms with van der Waals surface area (Å²) < 4.78 is 22.9. The number of halogens is 1. The molecule has 0 unspecified atom stereocenters. The van der Waals surface area contributed by atoms with Crippen molar-refractivity contribution in [2.45, 2.75) is 96.2 Å². The Hall–Kier alpha value is -2.72. The van der Waals surface area contributed by atoms with Crippen LogP contribution in [-0.4, -0.2) is 70.2 Å². The zero-order chi connectivity index (χ0) is 29.4. The molecule has 0 aromatic rings. The second-order valence-electron chi connectivity index (χ2n) is 10.9. The van der Waals surface area contributed by atoms with Crippen LogP contribution in [0, 0.1) is 23.2 Å². The van der Waals surface area contributed by atoms with Gasteiger partial charge in [0.1, 0.15) is 24.1 Å². The summed E-state index contributed by atoms with van der Waals surface area (Å²) >= 11 is 6.68. The first-order valence-corrected chi connectivity index (χ1v) is 13.5. The maximum absolute atomic E-state index is 13.4. The van der Waals surface area contributed by atoms with E-state index in [4.69, 9.17) is 30.5 Å². The summed E-state index contributed by atoms with van der Waals surface area (Å²) in [6.45, 7) is 12.8. The van der Waals surface area contributed by atoms with E-state index in [2.05, 4.69) is 6.58 Å². The summed E-state index contributed by atoms with van der Waals surface area (Å²) in [5.41, 5.74) is -3.42. The Bertz CT molecular complexity index is 1080. The lowest BCUT2D eigenvalue weighted by Crippen LogP contribution is -2.69. The van der Waals surface area contributed by atoms with Crippen LogP contribution in [0.5, 0.6) is 0 Å². The summed E-state index contributed by atoms with van der Waals surface area (Å²) in [7, 11) is 0. The van der Waals surface area contributed by atoms with Crippen molar-refractivity contribution in [2.24, 2.45) is 23.2 Å². The molecule has 0 amide bonds. The van der Waals surface area contributed by atoms with Gasteiger partial charge in [-0.15, -0.1) is 11.6 Å². The molecular weight excluding hydrogens is 532 g/mol. The highest BCUT2D eigenvalue weighted by Crippen LogP contribution is 2.56. The molecule has 0 spiro atoms. The number of aliphatic hydroxyl groups is 1. The van der Waals surface area contributed by atoms with Crippen molar-refractivity contribution >= 4 is 41.3 Å². The third-order valence-corrected chi connectivity index (χ3v) is 8.91. The average Bonchev–Trinajstić information content (AvgIpc) is 3.07. The van der Waals surface area contributed by atoms with Crippen molar-refractivity contribution in [3.05, 3.63) is 24.3 Å². The molecule has 39 heavy (non-hydrogen) atoms. The Morgan fingerprint density at radius 2 is 1.77 bits per heavy atom. The van der Waals surface area contributed by atoms with Gasteiger partial charge < -0.3 is 24.1 Å². The number of allylic oxidation sites excluding steroid dienone is 1. The van der Waals surface area contributed by atoms with Crippen LogP contribution in [0.15, 0.2) is 24.3 Å². The van der Waals surface area contributed by atoms with Crippen molar-refractivity contribution in [1.82, 2.24) is 0 Å². The average molecular weight is 569 g/mol. The van der Waals surface area contributed by atoms with Crippen LogP contribution in [0.4, 0.5) is 0 Å². The first kappa shape index (κ1) is 30.8. The number of hydrogen-bond donors (Lipinski definition) is 1. The van der Waals surface area contributed by atoms with E-state index in [-0.39, 0.29) is 24.2 Å². The van der Waals surface area contributed by atoms with Crippen molar-refractivity contribution < 1.29 is 48.0 Å². The summed E-state index contributed by atoms with van der Waals surface area (Å²) in [5.74, 6) is -6.36. The molecular formula is C28H37ClO10. The van der Waals surface area contributed by atoms with Gasteiger partial charge in [-0.1, -0.05) is 33.4 Å². The van der Waals surface area contributed by atoms with E-state index < -0.39 is 82.4 Å². The lowest BCUT2D eigenvalue weighted by Gasteiger charge is -2.56. The topological polar surface area (TPSA) is 143 Å². The molecule has 0 aromatic carbocycles. The van der Waals surface area contributed by atoms with E-state index in [9.17, 15) is 29.1 Å². The van der Waals surface area contributed by atoms with Gasteiger partial charge in [-0.2, -0.15) is 0 Å². The van der Waals surface area contributed by atoms with Crippen LogP contribution in [0.3, 0.4) is 0 Å². The van der Waals surface area contributed by atoms with Crippen LogP contribution in [0.1, 0.15) is 60.8 Å². The van der Waals surface area contributed by atoms with Crippen LogP contribution < -0.4 is 0 Å².